The van der Waals surface area contributed by atoms with Gasteiger partial charge in [-0.2, -0.15) is 0 Å². The van der Waals surface area contributed by atoms with Crippen LogP contribution in [0.3, 0.4) is 0 Å². The Balaban J connectivity index is 1.17. The zero-order valence-electron chi connectivity index (χ0n) is 29.3. The highest BCUT2D eigenvalue weighted by atomic mass is 16.3. The van der Waals surface area contributed by atoms with Crippen LogP contribution in [0.1, 0.15) is 0 Å². The molecular formula is C49H28N4O2. The lowest BCUT2D eigenvalue weighted by Gasteiger charge is -2.13. The minimum absolute atomic E-state index is 0.560. The molecule has 55 heavy (non-hydrogen) atoms. The highest BCUT2D eigenvalue weighted by molar-refractivity contribution is 6.22. The van der Waals surface area contributed by atoms with Gasteiger partial charge in [-0.3, -0.25) is 0 Å². The van der Waals surface area contributed by atoms with Crippen LogP contribution in [0.5, 0.6) is 0 Å². The van der Waals surface area contributed by atoms with E-state index >= 15 is 0 Å². The van der Waals surface area contributed by atoms with Gasteiger partial charge in [-0.15, -0.1) is 0 Å². The smallest absolute Gasteiger partial charge is 0.164 e. The van der Waals surface area contributed by atoms with Crippen molar-refractivity contribution in [3.63, 3.8) is 0 Å². The molecule has 8 aromatic carbocycles. The highest BCUT2D eigenvalue weighted by Gasteiger charge is 2.24. The first kappa shape index (κ1) is 29.9. The topological polar surface area (TPSA) is 69.9 Å². The van der Waals surface area contributed by atoms with Gasteiger partial charge in [0.2, 0.25) is 0 Å². The molecule has 0 saturated heterocycles. The summed E-state index contributed by atoms with van der Waals surface area (Å²) in [6, 6.07) is 58.4. The average Bonchev–Trinajstić information content (AvgIpc) is 3.94. The van der Waals surface area contributed by atoms with E-state index in [2.05, 4.69) is 102 Å². The molecule has 12 aromatic rings. The van der Waals surface area contributed by atoms with Gasteiger partial charge in [0.05, 0.1) is 16.7 Å². The minimum atomic E-state index is 0.560. The standard InChI is InChI=1S/C49H28N4O2/c1-2-14-30(15-3-1)47-50-48(35-20-12-24-42-44(35)33-18-7-10-22-40(33)54-42)52-49(51-47)36-26-28-39(46-45(36)34-19-8-11-23-41(34)55-46)53-37-21-9-6-17-32(37)43-31-16-5-4-13-29(31)25-27-38(43)53/h1-28H. The van der Waals surface area contributed by atoms with Crippen LogP contribution in [0.15, 0.2) is 179 Å². The van der Waals surface area contributed by atoms with Crippen LogP contribution in [0.25, 0.3) is 116 Å². The first-order valence-electron chi connectivity index (χ1n) is 18.4. The molecule has 12 rings (SSSR count). The van der Waals surface area contributed by atoms with Gasteiger partial charge in [0.15, 0.2) is 23.1 Å². The molecule has 0 fully saturated rings. The minimum Gasteiger partial charge on any atom is -0.456 e. The first-order chi connectivity index (χ1) is 27.3. The van der Waals surface area contributed by atoms with Gasteiger partial charge in [-0.05, 0) is 53.2 Å². The van der Waals surface area contributed by atoms with E-state index < -0.39 is 0 Å². The Labute approximate surface area is 313 Å². The van der Waals surface area contributed by atoms with Crippen LogP contribution in [0, 0.1) is 0 Å². The van der Waals surface area contributed by atoms with Gasteiger partial charge in [0, 0.05) is 49.0 Å². The van der Waals surface area contributed by atoms with Crippen LogP contribution in [-0.2, 0) is 0 Å². The van der Waals surface area contributed by atoms with E-state index in [-0.39, 0.29) is 0 Å². The van der Waals surface area contributed by atoms with Crippen molar-refractivity contribution >= 4 is 76.5 Å². The molecular weight excluding hydrogens is 677 g/mol. The van der Waals surface area contributed by atoms with Crippen molar-refractivity contribution in [3.8, 4) is 39.9 Å². The van der Waals surface area contributed by atoms with Crippen LogP contribution in [0.4, 0.5) is 0 Å². The predicted octanol–water partition coefficient (Wildman–Crippen LogP) is 12.9. The number of hydrogen-bond donors (Lipinski definition) is 0. The number of hydrogen-bond acceptors (Lipinski definition) is 5. The normalized spacial score (nSPS) is 12.0. The molecule has 0 atom stereocenters. The Morgan fingerprint density at radius 3 is 1.80 bits per heavy atom. The number of benzene rings is 8. The molecule has 256 valence electrons. The molecule has 0 spiro atoms. The number of nitrogens with zero attached hydrogens (tertiary/aromatic N) is 4. The lowest BCUT2D eigenvalue weighted by atomic mass is 10.0. The molecule has 0 saturated carbocycles. The molecule has 0 radical (unpaired) electrons. The summed E-state index contributed by atoms with van der Waals surface area (Å²) in [5.41, 5.74) is 8.98. The van der Waals surface area contributed by atoms with Crippen molar-refractivity contribution in [3.05, 3.63) is 170 Å². The van der Waals surface area contributed by atoms with Gasteiger partial charge < -0.3 is 13.4 Å². The molecule has 0 aliphatic carbocycles. The summed E-state index contributed by atoms with van der Waals surface area (Å²) in [5, 5.41) is 8.77. The van der Waals surface area contributed by atoms with E-state index in [1.165, 1.54) is 21.5 Å². The van der Waals surface area contributed by atoms with E-state index in [1.807, 2.05) is 72.8 Å². The van der Waals surface area contributed by atoms with Crippen LogP contribution in [-0.4, -0.2) is 19.5 Å². The molecule has 0 amide bonds. The molecule has 0 aliphatic heterocycles. The third-order valence-electron chi connectivity index (χ3n) is 10.9. The quantitative estimate of drug-likeness (QED) is 0.182. The van der Waals surface area contributed by atoms with Gasteiger partial charge in [-0.25, -0.2) is 15.0 Å². The average molecular weight is 705 g/mol. The second kappa shape index (κ2) is 11.5. The molecule has 0 aliphatic rings. The lowest BCUT2D eigenvalue weighted by Crippen LogP contribution is -2.01. The predicted molar refractivity (Wildman–Crippen MR) is 223 cm³/mol. The molecule has 6 nitrogen and oxygen atoms in total. The Morgan fingerprint density at radius 1 is 0.364 bits per heavy atom. The number of para-hydroxylation sites is 3. The molecule has 6 heteroatoms. The van der Waals surface area contributed by atoms with Crippen molar-refractivity contribution in [1.29, 1.82) is 0 Å². The van der Waals surface area contributed by atoms with Crippen LogP contribution < -0.4 is 0 Å². The summed E-state index contributed by atoms with van der Waals surface area (Å²) in [7, 11) is 0. The van der Waals surface area contributed by atoms with Gasteiger partial charge in [-0.1, -0.05) is 127 Å². The summed E-state index contributed by atoms with van der Waals surface area (Å²) < 4.78 is 15.5. The van der Waals surface area contributed by atoms with Crippen molar-refractivity contribution in [2.75, 3.05) is 0 Å². The zero-order chi connectivity index (χ0) is 36.0. The summed E-state index contributed by atoms with van der Waals surface area (Å²) in [6.45, 7) is 0. The number of fused-ring (bicyclic) bond motifs is 11. The van der Waals surface area contributed by atoms with E-state index in [1.54, 1.807) is 0 Å². The summed E-state index contributed by atoms with van der Waals surface area (Å²) >= 11 is 0. The first-order valence-corrected chi connectivity index (χ1v) is 18.4. The summed E-state index contributed by atoms with van der Waals surface area (Å²) in [4.78, 5) is 15.6. The SMILES string of the molecule is c1ccc(-c2nc(-c3cccc4oc5ccccc5c34)nc(-c3ccc(-n4c5ccccc5c5c6ccccc6ccc54)c4oc5ccccc5c34)n2)cc1. The highest BCUT2D eigenvalue weighted by Crippen LogP contribution is 2.44. The Bertz CT molecular complexity index is 3500. The van der Waals surface area contributed by atoms with E-state index in [0.717, 1.165) is 77.3 Å². The van der Waals surface area contributed by atoms with Crippen molar-refractivity contribution < 1.29 is 8.83 Å². The largest absolute Gasteiger partial charge is 0.456 e. The summed E-state index contributed by atoms with van der Waals surface area (Å²) in [5.74, 6) is 1.72. The monoisotopic (exact) mass is 704 g/mol. The fraction of sp³-hybridized carbons (Fsp3) is 0. The zero-order valence-corrected chi connectivity index (χ0v) is 29.3. The second-order valence-electron chi connectivity index (χ2n) is 13.9. The third kappa shape index (κ3) is 4.39. The molecule has 4 heterocycles. The Kier molecular flexibility index (Phi) is 6.24. The van der Waals surface area contributed by atoms with Crippen LogP contribution in [0.2, 0.25) is 0 Å². The van der Waals surface area contributed by atoms with E-state index in [4.69, 9.17) is 23.8 Å². The van der Waals surface area contributed by atoms with Gasteiger partial charge in [0.25, 0.3) is 0 Å². The second-order valence-corrected chi connectivity index (χ2v) is 13.9. The lowest BCUT2D eigenvalue weighted by molar-refractivity contribution is 0.666. The maximum atomic E-state index is 6.88. The fourth-order valence-electron chi connectivity index (χ4n) is 8.47. The Hall–Kier alpha value is -7.57. The van der Waals surface area contributed by atoms with Crippen LogP contribution >= 0.6 is 0 Å². The van der Waals surface area contributed by atoms with Crippen molar-refractivity contribution in [1.82, 2.24) is 19.5 Å². The molecule has 0 bridgehead atoms. The maximum Gasteiger partial charge on any atom is 0.164 e. The van der Waals surface area contributed by atoms with E-state index in [9.17, 15) is 0 Å². The maximum absolute atomic E-state index is 6.88. The molecule has 0 N–H and O–H groups in total. The van der Waals surface area contributed by atoms with Crippen molar-refractivity contribution in [2.24, 2.45) is 0 Å². The molecule has 4 aromatic heterocycles. The fourth-order valence-corrected chi connectivity index (χ4v) is 8.47. The van der Waals surface area contributed by atoms with Gasteiger partial charge in [0.1, 0.15) is 16.7 Å². The van der Waals surface area contributed by atoms with Crippen molar-refractivity contribution in [2.45, 2.75) is 0 Å². The Morgan fingerprint density at radius 2 is 0.982 bits per heavy atom. The number of furan rings is 2. The van der Waals surface area contributed by atoms with E-state index in [0.29, 0.717) is 17.5 Å². The number of aromatic nitrogens is 4. The van der Waals surface area contributed by atoms with Gasteiger partial charge >= 0.3 is 0 Å². The summed E-state index contributed by atoms with van der Waals surface area (Å²) in [6.07, 6.45) is 0. The molecule has 0 unspecified atom stereocenters. The number of rotatable bonds is 4. The third-order valence-corrected chi connectivity index (χ3v) is 10.9.